The van der Waals surface area contributed by atoms with Crippen LogP contribution in [0, 0.1) is 0 Å². The first-order chi connectivity index (χ1) is 11.2. The van der Waals surface area contributed by atoms with Crippen LogP contribution in [0.5, 0.6) is 0 Å². The molecule has 0 N–H and O–H groups in total. The molecule has 0 rings (SSSR count). The summed E-state index contributed by atoms with van der Waals surface area (Å²) in [6, 6.07) is 0. The van der Waals surface area contributed by atoms with Crippen LogP contribution in [0.2, 0.25) is 0 Å². The van der Waals surface area contributed by atoms with E-state index in [2.05, 4.69) is 13.2 Å². The average Bonchev–Trinajstić information content (AvgIpc) is 2.57. The van der Waals surface area contributed by atoms with Crippen LogP contribution < -0.4 is 0 Å². The number of unbranched alkanes of at least 4 members (excludes halogenated alkanes) is 4. The lowest BCUT2D eigenvalue weighted by Crippen LogP contribution is -2.01. The Morgan fingerprint density at radius 1 is 0.739 bits per heavy atom. The maximum absolute atomic E-state index is 10.8. The van der Waals surface area contributed by atoms with Gasteiger partial charge in [0.15, 0.2) is 0 Å². The fourth-order valence-corrected chi connectivity index (χ4v) is 1.48. The number of rotatable bonds is 14. The van der Waals surface area contributed by atoms with Crippen LogP contribution in [0.25, 0.3) is 0 Å². The van der Waals surface area contributed by atoms with Crippen molar-refractivity contribution in [2.45, 2.75) is 38.5 Å². The molecule has 0 aliphatic heterocycles. The van der Waals surface area contributed by atoms with Gasteiger partial charge in [0, 0.05) is 12.2 Å². The van der Waals surface area contributed by atoms with Crippen molar-refractivity contribution in [3.63, 3.8) is 0 Å². The molecule has 0 radical (unpaired) electrons. The molecule has 0 unspecified atom stereocenters. The molecule has 0 saturated carbocycles. The van der Waals surface area contributed by atoms with Crippen molar-refractivity contribution in [1.82, 2.24) is 0 Å². The van der Waals surface area contributed by atoms with E-state index >= 15 is 0 Å². The molecule has 0 heterocycles. The van der Waals surface area contributed by atoms with Gasteiger partial charge in [-0.1, -0.05) is 13.2 Å². The van der Waals surface area contributed by atoms with Crippen LogP contribution in [0.3, 0.4) is 0 Å². The van der Waals surface area contributed by atoms with Crippen LogP contribution in [0.4, 0.5) is 0 Å². The zero-order valence-corrected chi connectivity index (χ0v) is 13.6. The third-order valence-corrected chi connectivity index (χ3v) is 2.70. The van der Waals surface area contributed by atoms with Crippen molar-refractivity contribution in [3.05, 3.63) is 50.0 Å². The van der Waals surface area contributed by atoms with Gasteiger partial charge in [-0.3, -0.25) is 0 Å². The molecule has 0 aliphatic rings. The van der Waals surface area contributed by atoms with Crippen molar-refractivity contribution in [2.24, 2.45) is 0 Å². The summed E-state index contributed by atoms with van der Waals surface area (Å²) in [7, 11) is 0. The van der Waals surface area contributed by atoms with E-state index in [-0.39, 0.29) is 11.9 Å². The van der Waals surface area contributed by atoms with Gasteiger partial charge in [-0.2, -0.15) is 0 Å². The van der Waals surface area contributed by atoms with Crippen molar-refractivity contribution >= 4 is 11.9 Å². The molecule has 0 aliphatic carbocycles. The molecule has 0 aromatic heterocycles. The Balaban J connectivity index is 3.32. The highest BCUT2D eigenvalue weighted by molar-refractivity contribution is 5.81. The van der Waals surface area contributed by atoms with E-state index in [0.29, 0.717) is 13.2 Å². The van der Waals surface area contributed by atoms with Gasteiger partial charge in [0.1, 0.15) is 0 Å². The van der Waals surface area contributed by atoms with E-state index in [1.807, 2.05) is 12.2 Å². The molecule has 0 amide bonds. The standard InChI is InChI=1S/C18H26O5/c1-3-17(19)22-15-11-7-5-9-13-21-14-10-6-8-12-16-23-18(20)4-2/h3-4,9-10,13-14H,1-2,5-8,11-12,15-16H2. The number of allylic oxidation sites excluding steroid dienone is 2. The summed E-state index contributed by atoms with van der Waals surface area (Å²) in [4.78, 5) is 21.5. The van der Waals surface area contributed by atoms with Crippen LogP contribution in [-0.4, -0.2) is 25.2 Å². The monoisotopic (exact) mass is 322 g/mol. The number of carbonyl (C=O) groups excluding carboxylic acids is 2. The van der Waals surface area contributed by atoms with Crippen molar-refractivity contribution in [3.8, 4) is 0 Å². The minimum Gasteiger partial charge on any atom is -0.473 e. The van der Waals surface area contributed by atoms with E-state index in [0.717, 1.165) is 50.7 Å². The van der Waals surface area contributed by atoms with Crippen molar-refractivity contribution < 1.29 is 23.8 Å². The molecule has 0 saturated heterocycles. The molecule has 5 heteroatoms. The van der Waals surface area contributed by atoms with Gasteiger partial charge in [0.2, 0.25) is 0 Å². The van der Waals surface area contributed by atoms with Gasteiger partial charge >= 0.3 is 11.9 Å². The second-order valence-corrected chi connectivity index (χ2v) is 4.61. The summed E-state index contributed by atoms with van der Waals surface area (Å²) in [6.45, 7) is 7.48. The fraction of sp³-hybridized carbons (Fsp3) is 0.444. The zero-order chi connectivity index (χ0) is 17.2. The normalized spacial score (nSPS) is 10.6. The molecule has 23 heavy (non-hydrogen) atoms. The lowest BCUT2D eigenvalue weighted by molar-refractivity contribution is -0.138. The highest BCUT2D eigenvalue weighted by Gasteiger charge is 1.94. The molecule has 0 aromatic rings. The Morgan fingerprint density at radius 2 is 1.17 bits per heavy atom. The minimum absolute atomic E-state index is 0.382. The van der Waals surface area contributed by atoms with Gasteiger partial charge in [-0.25, -0.2) is 9.59 Å². The molecule has 0 atom stereocenters. The van der Waals surface area contributed by atoms with Gasteiger partial charge in [-0.15, -0.1) is 0 Å². The number of esters is 2. The number of hydrogen-bond acceptors (Lipinski definition) is 5. The SMILES string of the molecule is C=CC(=O)OCCCCC=COC=CCCCCOC(=O)C=C. The summed E-state index contributed by atoms with van der Waals surface area (Å²) in [6.07, 6.45) is 14.7. The van der Waals surface area contributed by atoms with E-state index in [9.17, 15) is 9.59 Å². The maximum atomic E-state index is 10.8. The molecular weight excluding hydrogens is 296 g/mol. The predicted octanol–water partition coefficient (Wildman–Crippen LogP) is 3.83. The smallest absolute Gasteiger partial charge is 0.330 e. The van der Waals surface area contributed by atoms with Crippen LogP contribution >= 0.6 is 0 Å². The first-order valence-corrected chi connectivity index (χ1v) is 7.74. The third-order valence-electron chi connectivity index (χ3n) is 2.70. The second-order valence-electron chi connectivity index (χ2n) is 4.61. The van der Waals surface area contributed by atoms with Gasteiger partial charge < -0.3 is 14.2 Å². The first-order valence-electron chi connectivity index (χ1n) is 7.74. The van der Waals surface area contributed by atoms with Crippen LogP contribution in [-0.2, 0) is 23.8 Å². The maximum Gasteiger partial charge on any atom is 0.330 e. The van der Waals surface area contributed by atoms with E-state index in [4.69, 9.17) is 14.2 Å². The van der Waals surface area contributed by atoms with Crippen LogP contribution in [0.15, 0.2) is 50.0 Å². The summed E-state index contributed by atoms with van der Waals surface area (Å²) in [5, 5.41) is 0. The summed E-state index contributed by atoms with van der Waals surface area (Å²) >= 11 is 0. The summed E-state index contributed by atoms with van der Waals surface area (Å²) in [5.74, 6) is -0.763. The molecule has 0 fully saturated rings. The lowest BCUT2D eigenvalue weighted by atomic mass is 10.2. The second kappa shape index (κ2) is 16.1. The Labute approximate surface area is 138 Å². The average molecular weight is 322 g/mol. The van der Waals surface area contributed by atoms with Gasteiger partial charge in [-0.05, 0) is 50.7 Å². The Morgan fingerprint density at radius 3 is 1.57 bits per heavy atom. The van der Waals surface area contributed by atoms with E-state index in [1.54, 1.807) is 12.5 Å². The van der Waals surface area contributed by atoms with Gasteiger partial charge in [0.05, 0.1) is 25.7 Å². The zero-order valence-electron chi connectivity index (χ0n) is 13.6. The largest absolute Gasteiger partial charge is 0.473 e. The highest BCUT2D eigenvalue weighted by Crippen LogP contribution is 2.00. The predicted molar refractivity (Wildman–Crippen MR) is 89.4 cm³/mol. The number of carbonyl (C=O) groups is 2. The van der Waals surface area contributed by atoms with Crippen molar-refractivity contribution in [2.75, 3.05) is 13.2 Å². The van der Waals surface area contributed by atoms with Crippen LogP contribution in [0.1, 0.15) is 38.5 Å². The highest BCUT2D eigenvalue weighted by atomic mass is 16.5. The Hall–Kier alpha value is -2.30. The topological polar surface area (TPSA) is 61.8 Å². The van der Waals surface area contributed by atoms with E-state index in [1.165, 1.54) is 0 Å². The Bertz CT molecular complexity index is 372. The molecule has 0 bridgehead atoms. The molecule has 5 nitrogen and oxygen atoms in total. The summed E-state index contributed by atoms with van der Waals surface area (Å²) < 4.78 is 14.9. The quantitative estimate of drug-likeness (QED) is 0.210. The third kappa shape index (κ3) is 15.9. The molecule has 128 valence electrons. The first kappa shape index (κ1) is 20.7. The number of hydrogen-bond donors (Lipinski definition) is 0. The lowest BCUT2D eigenvalue weighted by Gasteiger charge is -2.00. The summed E-state index contributed by atoms with van der Waals surface area (Å²) in [5.41, 5.74) is 0. The van der Waals surface area contributed by atoms with Crippen molar-refractivity contribution in [1.29, 1.82) is 0 Å². The van der Waals surface area contributed by atoms with E-state index < -0.39 is 0 Å². The Kier molecular flexibility index (Phi) is 14.5. The van der Waals surface area contributed by atoms with Gasteiger partial charge in [0.25, 0.3) is 0 Å². The minimum atomic E-state index is -0.382. The number of ether oxygens (including phenoxy) is 3. The molecule has 0 aromatic carbocycles. The molecule has 0 spiro atoms. The molecular formula is C18H26O5. The fourth-order valence-electron chi connectivity index (χ4n) is 1.48.